The van der Waals surface area contributed by atoms with Crippen molar-refractivity contribution in [1.82, 2.24) is 5.16 Å². The van der Waals surface area contributed by atoms with Crippen LogP contribution in [0.2, 0.25) is 0 Å². The van der Waals surface area contributed by atoms with Gasteiger partial charge in [0.15, 0.2) is 23.1 Å². The number of hydrogen-bond acceptors (Lipinski definition) is 5. The Kier molecular flexibility index (Phi) is 4.50. The zero-order valence-corrected chi connectivity index (χ0v) is 12.1. The van der Waals surface area contributed by atoms with Crippen molar-refractivity contribution in [3.8, 4) is 22.8 Å². The molecule has 0 aliphatic carbocycles. The smallest absolute Gasteiger partial charge is 0.172 e. The summed E-state index contributed by atoms with van der Waals surface area (Å²) < 4.78 is 16.5. The van der Waals surface area contributed by atoms with E-state index < -0.39 is 0 Å². The first-order chi connectivity index (χ1) is 9.71. The zero-order valence-electron chi connectivity index (χ0n) is 12.1. The minimum Gasteiger partial charge on any atom is -0.490 e. The summed E-state index contributed by atoms with van der Waals surface area (Å²) in [7, 11) is 0. The van der Waals surface area contributed by atoms with E-state index >= 15 is 0 Å². The number of anilines is 1. The van der Waals surface area contributed by atoms with Gasteiger partial charge in [0.05, 0.1) is 13.2 Å². The summed E-state index contributed by atoms with van der Waals surface area (Å²) >= 11 is 0. The third-order valence-corrected chi connectivity index (χ3v) is 2.98. The molecule has 2 aromatic rings. The molecule has 0 saturated carbocycles. The quantitative estimate of drug-likeness (QED) is 0.876. The molecular formula is C15H20N2O3. The van der Waals surface area contributed by atoms with Gasteiger partial charge in [-0.2, -0.15) is 0 Å². The summed E-state index contributed by atoms with van der Waals surface area (Å²) in [6, 6.07) is 5.70. The number of hydrogen-bond donors (Lipinski definition) is 1. The average molecular weight is 276 g/mol. The molecule has 2 rings (SSSR count). The van der Waals surface area contributed by atoms with Crippen molar-refractivity contribution < 1.29 is 14.0 Å². The monoisotopic (exact) mass is 276 g/mol. The molecule has 1 aromatic heterocycles. The number of aromatic nitrogens is 1. The first kappa shape index (κ1) is 14.2. The molecule has 0 atom stereocenters. The number of ether oxygens (including phenoxy) is 2. The lowest BCUT2D eigenvalue weighted by Crippen LogP contribution is -1.98. The summed E-state index contributed by atoms with van der Waals surface area (Å²) in [6.45, 7) is 7.06. The van der Waals surface area contributed by atoms with Gasteiger partial charge in [0.1, 0.15) is 0 Å². The Balaban J connectivity index is 2.44. The van der Waals surface area contributed by atoms with Crippen LogP contribution in [-0.4, -0.2) is 18.4 Å². The standard InChI is InChI=1S/C15H20N2O3/c1-4-11-14(20-17-15(11)16)10-7-8-12(18-5-2)13(9-10)19-6-3/h7-9H,4-6H2,1-3H3,(H2,16,17). The topological polar surface area (TPSA) is 70.5 Å². The van der Waals surface area contributed by atoms with Gasteiger partial charge in [-0.25, -0.2) is 0 Å². The molecule has 0 aliphatic heterocycles. The van der Waals surface area contributed by atoms with Gasteiger partial charge >= 0.3 is 0 Å². The first-order valence-corrected chi connectivity index (χ1v) is 6.85. The summed E-state index contributed by atoms with van der Waals surface area (Å²) in [5.41, 5.74) is 7.60. The molecule has 5 nitrogen and oxygen atoms in total. The van der Waals surface area contributed by atoms with Gasteiger partial charge in [0.2, 0.25) is 0 Å². The molecule has 0 amide bonds. The van der Waals surface area contributed by atoms with Gasteiger partial charge in [-0.15, -0.1) is 0 Å². The van der Waals surface area contributed by atoms with Crippen LogP contribution in [-0.2, 0) is 6.42 Å². The molecule has 0 spiro atoms. The Morgan fingerprint density at radius 1 is 1.10 bits per heavy atom. The van der Waals surface area contributed by atoms with Crippen LogP contribution in [0, 0.1) is 0 Å². The highest BCUT2D eigenvalue weighted by Gasteiger charge is 2.16. The lowest BCUT2D eigenvalue weighted by molar-refractivity contribution is 0.288. The summed E-state index contributed by atoms with van der Waals surface area (Å²) in [5.74, 6) is 2.55. The minimum absolute atomic E-state index is 0.439. The lowest BCUT2D eigenvalue weighted by atomic mass is 10.1. The molecule has 108 valence electrons. The van der Waals surface area contributed by atoms with E-state index in [2.05, 4.69) is 5.16 Å². The van der Waals surface area contributed by atoms with Crippen molar-refractivity contribution in [2.75, 3.05) is 18.9 Å². The molecule has 1 aromatic carbocycles. The molecule has 0 unspecified atom stereocenters. The van der Waals surface area contributed by atoms with Crippen LogP contribution in [0.15, 0.2) is 22.7 Å². The van der Waals surface area contributed by atoms with Crippen molar-refractivity contribution in [3.63, 3.8) is 0 Å². The van der Waals surface area contributed by atoms with Crippen molar-refractivity contribution >= 4 is 5.82 Å². The van der Waals surface area contributed by atoms with Gasteiger partial charge in [0.25, 0.3) is 0 Å². The van der Waals surface area contributed by atoms with E-state index in [-0.39, 0.29) is 0 Å². The van der Waals surface area contributed by atoms with E-state index in [1.54, 1.807) is 0 Å². The molecule has 5 heteroatoms. The number of nitrogens with zero attached hydrogens (tertiary/aromatic N) is 1. The van der Waals surface area contributed by atoms with Crippen molar-refractivity contribution in [2.24, 2.45) is 0 Å². The van der Waals surface area contributed by atoms with E-state index in [9.17, 15) is 0 Å². The third kappa shape index (κ3) is 2.71. The second-order valence-electron chi connectivity index (χ2n) is 4.26. The highest BCUT2D eigenvalue weighted by Crippen LogP contribution is 2.35. The highest BCUT2D eigenvalue weighted by atomic mass is 16.5. The van der Waals surface area contributed by atoms with E-state index in [0.29, 0.717) is 30.5 Å². The van der Waals surface area contributed by atoms with Crippen LogP contribution < -0.4 is 15.2 Å². The Morgan fingerprint density at radius 2 is 1.80 bits per heavy atom. The van der Waals surface area contributed by atoms with Crippen molar-refractivity contribution in [1.29, 1.82) is 0 Å². The fraction of sp³-hybridized carbons (Fsp3) is 0.400. The predicted octanol–water partition coefficient (Wildman–Crippen LogP) is 3.28. The van der Waals surface area contributed by atoms with Crippen LogP contribution in [0.5, 0.6) is 11.5 Å². The zero-order chi connectivity index (χ0) is 14.5. The normalized spacial score (nSPS) is 10.6. The average Bonchev–Trinajstić information content (AvgIpc) is 2.82. The Hall–Kier alpha value is -2.17. The fourth-order valence-electron chi connectivity index (χ4n) is 2.08. The van der Waals surface area contributed by atoms with E-state index in [1.807, 2.05) is 39.0 Å². The summed E-state index contributed by atoms with van der Waals surface area (Å²) in [4.78, 5) is 0. The number of benzene rings is 1. The SMILES string of the molecule is CCOc1ccc(-c2onc(N)c2CC)cc1OCC. The number of nitrogen functional groups attached to an aromatic ring is 1. The number of rotatable bonds is 6. The Morgan fingerprint density at radius 3 is 2.45 bits per heavy atom. The minimum atomic E-state index is 0.439. The predicted molar refractivity (Wildman–Crippen MR) is 78.1 cm³/mol. The highest BCUT2D eigenvalue weighted by molar-refractivity contribution is 5.68. The molecule has 0 radical (unpaired) electrons. The second-order valence-corrected chi connectivity index (χ2v) is 4.26. The molecule has 20 heavy (non-hydrogen) atoms. The van der Waals surface area contributed by atoms with Crippen molar-refractivity contribution in [2.45, 2.75) is 27.2 Å². The maximum atomic E-state index is 5.80. The van der Waals surface area contributed by atoms with Crippen LogP contribution in [0.4, 0.5) is 5.82 Å². The summed E-state index contributed by atoms with van der Waals surface area (Å²) in [6.07, 6.45) is 0.766. The van der Waals surface area contributed by atoms with Crippen LogP contribution in [0.3, 0.4) is 0 Å². The van der Waals surface area contributed by atoms with Gasteiger partial charge in [-0.05, 0) is 38.5 Å². The molecular weight excluding hydrogens is 256 g/mol. The molecule has 0 bridgehead atoms. The van der Waals surface area contributed by atoms with Crippen molar-refractivity contribution in [3.05, 3.63) is 23.8 Å². The third-order valence-electron chi connectivity index (χ3n) is 2.98. The maximum Gasteiger partial charge on any atom is 0.172 e. The lowest BCUT2D eigenvalue weighted by Gasteiger charge is -2.11. The van der Waals surface area contributed by atoms with Crippen LogP contribution in [0.25, 0.3) is 11.3 Å². The van der Waals surface area contributed by atoms with E-state index in [4.69, 9.17) is 19.7 Å². The molecule has 1 heterocycles. The molecule has 2 N–H and O–H groups in total. The first-order valence-electron chi connectivity index (χ1n) is 6.85. The Labute approximate surface area is 118 Å². The van der Waals surface area contributed by atoms with E-state index in [0.717, 1.165) is 23.3 Å². The van der Waals surface area contributed by atoms with Gasteiger partial charge in [-0.1, -0.05) is 12.1 Å². The van der Waals surface area contributed by atoms with Gasteiger partial charge in [0, 0.05) is 11.1 Å². The second kappa shape index (κ2) is 6.32. The van der Waals surface area contributed by atoms with Crippen LogP contribution >= 0.6 is 0 Å². The largest absolute Gasteiger partial charge is 0.490 e. The van der Waals surface area contributed by atoms with Crippen LogP contribution in [0.1, 0.15) is 26.3 Å². The van der Waals surface area contributed by atoms with Gasteiger partial charge in [-0.3, -0.25) is 0 Å². The molecule has 0 aliphatic rings. The Bertz CT molecular complexity index is 578. The van der Waals surface area contributed by atoms with Gasteiger partial charge < -0.3 is 19.7 Å². The maximum absolute atomic E-state index is 5.80. The van der Waals surface area contributed by atoms with E-state index in [1.165, 1.54) is 0 Å². The molecule has 0 saturated heterocycles. The number of nitrogens with two attached hydrogens (primary N) is 1. The summed E-state index contributed by atoms with van der Waals surface area (Å²) in [5, 5.41) is 3.83. The molecule has 0 fully saturated rings. The fourth-order valence-corrected chi connectivity index (χ4v) is 2.08.